The second kappa shape index (κ2) is 6.39. The molecular formula is C14H16BrN3S. The molecule has 2 rings (SSSR count). The molecule has 19 heavy (non-hydrogen) atoms. The van der Waals surface area contributed by atoms with Crippen LogP contribution >= 0.6 is 27.7 Å². The SMILES string of the molecule is CCc1nc(NC)c(C)c(Sc2cccc(Br)c2)n1. The van der Waals surface area contributed by atoms with Crippen LogP contribution < -0.4 is 5.32 Å². The molecule has 1 N–H and O–H groups in total. The number of nitrogens with one attached hydrogen (secondary N) is 1. The molecule has 5 heteroatoms. The molecule has 0 atom stereocenters. The second-order valence-electron chi connectivity index (χ2n) is 4.08. The van der Waals surface area contributed by atoms with Gasteiger partial charge >= 0.3 is 0 Å². The molecular weight excluding hydrogens is 322 g/mol. The maximum Gasteiger partial charge on any atom is 0.133 e. The van der Waals surface area contributed by atoms with Crippen molar-refractivity contribution in [2.75, 3.05) is 12.4 Å². The lowest BCUT2D eigenvalue weighted by Gasteiger charge is -2.11. The Bertz CT molecular complexity index is 587. The molecule has 0 spiro atoms. The predicted molar refractivity (Wildman–Crippen MR) is 84.0 cm³/mol. The van der Waals surface area contributed by atoms with Crippen LogP contribution in [0.1, 0.15) is 18.3 Å². The second-order valence-corrected chi connectivity index (χ2v) is 6.06. The maximum absolute atomic E-state index is 4.62. The van der Waals surface area contributed by atoms with Crippen LogP contribution in [0.2, 0.25) is 0 Å². The number of hydrogen-bond donors (Lipinski definition) is 1. The Balaban J connectivity index is 2.38. The van der Waals surface area contributed by atoms with Gasteiger partial charge in [0.15, 0.2) is 0 Å². The fourth-order valence-electron chi connectivity index (χ4n) is 1.68. The van der Waals surface area contributed by atoms with E-state index in [0.29, 0.717) is 0 Å². The van der Waals surface area contributed by atoms with Crippen molar-refractivity contribution in [1.29, 1.82) is 0 Å². The van der Waals surface area contributed by atoms with Crippen LogP contribution in [0, 0.1) is 6.92 Å². The summed E-state index contributed by atoms with van der Waals surface area (Å²) in [6, 6.07) is 8.23. The van der Waals surface area contributed by atoms with E-state index >= 15 is 0 Å². The molecule has 3 nitrogen and oxygen atoms in total. The van der Waals surface area contributed by atoms with Crippen molar-refractivity contribution in [3.8, 4) is 0 Å². The summed E-state index contributed by atoms with van der Waals surface area (Å²) in [5, 5.41) is 4.14. The monoisotopic (exact) mass is 337 g/mol. The molecule has 0 fully saturated rings. The average Bonchev–Trinajstić information content (AvgIpc) is 2.41. The van der Waals surface area contributed by atoms with E-state index in [9.17, 15) is 0 Å². The summed E-state index contributed by atoms with van der Waals surface area (Å²) in [5.74, 6) is 1.77. The third-order valence-electron chi connectivity index (χ3n) is 2.71. The summed E-state index contributed by atoms with van der Waals surface area (Å²) < 4.78 is 1.08. The molecule has 2 aromatic rings. The van der Waals surface area contributed by atoms with Gasteiger partial charge in [0.05, 0.1) is 0 Å². The Morgan fingerprint density at radius 2 is 2.11 bits per heavy atom. The van der Waals surface area contributed by atoms with E-state index in [1.807, 2.05) is 26.1 Å². The van der Waals surface area contributed by atoms with Gasteiger partial charge in [-0.3, -0.25) is 0 Å². The van der Waals surface area contributed by atoms with Gasteiger partial charge in [0.2, 0.25) is 0 Å². The first-order valence-electron chi connectivity index (χ1n) is 6.12. The summed E-state index contributed by atoms with van der Waals surface area (Å²) in [6.45, 7) is 4.11. The van der Waals surface area contributed by atoms with E-state index in [1.54, 1.807) is 11.8 Å². The topological polar surface area (TPSA) is 37.8 Å². The molecule has 0 saturated heterocycles. The van der Waals surface area contributed by atoms with Gasteiger partial charge in [0.25, 0.3) is 0 Å². The largest absolute Gasteiger partial charge is 0.373 e. The van der Waals surface area contributed by atoms with Gasteiger partial charge < -0.3 is 5.32 Å². The molecule has 1 aromatic heterocycles. The quantitative estimate of drug-likeness (QED) is 0.844. The van der Waals surface area contributed by atoms with E-state index in [0.717, 1.165) is 33.1 Å². The number of nitrogens with zero attached hydrogens (tertiary/aromatic N) is 2. The van der Waals surface area contributed by atoms with Crippen LogP contribution in [0.3, 0.4) is 0 Å². The first-order valence-corrected chi connectivity index (χ1v) is 7.73. The fourth-order valence-corrected chi connectivity index (χ4v) is 3.19. The highest BCUT2D eigenvalue weighted by Crippen LogP contribution is 2.32. The summed E-state index contributed by atoms with van der Waals surface area (Å²) >= 11 is 5.16. The van der Waals surface area contributed by atoms with Crippen molar-refractivity contribution in [2.24, 2.45) is 0 Å². The van der Waals surface area contributed by atoms with E-state index < -0.39 is 0 Å². The van der Waals surface area contributed by atoms with Crippen LogP contribution in [0.5, 0.6) is 0 Å². The van der Waals surface area contributed by atoms with Crippen molar-refractivity contribution < 1.29 is 0 Å². The van der Waals surface area contributed by atoms with Gasteiger partial charge in [0, 0.05) is 28.4 Å². The lowest BCUT2D eigenvalue weighted by Crippen LogP contribution is -2.04. The minimum Gasteiger partial charge on any atom is -0.373 e. The minimum absolute atomic E-state index is 0.834. The van der Waals surface area contributed by atoms with Crippen LogP contribution in [0.15, 0.2) is 38.7 Å². The molecule has 0 radical (unpaired) electrons. The number of aryl methyl sites for hydroxylation is 1. The lowest BCUT2D eigenvalue weighted by atomic mass is 10.3. The zero-order chi connectivity index (χ0) is 13.8. The molecule has 0 bridgehead atoms. The zero-order valence-corrected chi connectivity index (χ0v) is 13.6. The molecule has 100 valence electrons. The molecule has 1 aromatic carbocycles. The molecule has 1 heterocycles. The first-order chi connectivity index (χ1) is 9.13. The van der Waals surface area contributed by atoms with Crippen LogP contribution in [0.4, 0.5) is 5.82 Å². The number of rotatable bonds is 4. The normalized spacial score (nSPS) is 10.5. The van der Waals surface area contributed by atoms with E-state index in [1.165, 1.54) is 4.90 Å². The summed E-state index contributed by atoms with van der Waals surface area (Å²) in [5.41, 5.74) is 1.09. The summed E-state index contributed by atoms with van der Waals surface area (Å²) in [7, 11) is 1.89. The Hall–Kier alpha value is -1.07. The van der Waals surface area contributed by atoms with Gasteiger partial charge in [-0.15, -0.1) is 0 Å². The Morgan fingerprint density at radius 1 is 1.32 bits per heavy atom. The van der Waals surface area contributed by atoms with Crippen molar-refractivity contribution in [1.82, 2.24) is 9.97 Å². The predicted octanol–water partition coefficient (Wildman–Crippen LogP) is 4.30. The van der Waals surface area contributed by atoms with Gasteiger partial charge in [-0.25, -0.2) is 9.97 Å². The Labute approximate surface area is 126 Å². The molecule has 0 aliphatic heterocycles. The van der Waals surface area contributed by atoms with Gasteiger partial charge in [0.1, 0.15) is 16.7 Å². The number of aromatic nitrogens is 2. The fraction of sp³-hybridized carbons (Fsp3) is 0.286. The maximum atomic E-state index is 4.62. The van der Waals surface area contributed by atoms with Crippen LogP contribution in [-0.4, -0.2) is 17.0 Å². The zero-order valence-electron chi connectivity index (χ0n) is 11.2. The van der Waals surface area contributed by atoms with Crippen molar-refractivity contribution in [3.63, 3.8) is 0 Å². The van der Waals surface area contributed by atoms with Gasteiger partial charge in [-0.2, -0.15) is 0 Å². The lowest BCUT2D eigenvalue weighted by molar-refractivity contribution is 0.874. The van der Waals surface area contributed by atoms with E-state index in [-0.39, 0.29) is 0 Å². The molecule has 0 amide bonds. The number of benzene rings is 1. The van der Waals surface area contributed by atoms with Crippen molar-refractivity contribution >= 4 is 33.5 Å². The average molecular weight is 338 g/mol. The van der Waals surface area contributed by atoms with Crippen molar-refractivity contribution in [2.45, 2.75) is 30.2 Å². The Morgan fingerprint density at radius 3 is 2.74 bits per heavy atom. The third-order valence-corrected chi connectivity index (χ3v) is 4.28. The summed E-state index contributed by atoms with van der Waals surface area (Å²) in [6.07, 6.45) is 0.834. The van der Waals surface area contributed by atoms with Gasteiger partial charge in [-0.1, -0.05) is 40.7 Å². The molecule has 0 saturated carbocycles. The number of halogens is 1. The van der Waals surface area contributed by atoms with Crippen LogP contribution in [-0.2, 0) is 6.42 Å². The Kier molecular flexibility index (Phi) is 4.82. The van der Waals surface area contributed by atoms with Gasteiger partial charge in [-0.05, 0) is 25.1 Å². The summed E-state index contributed by atoms with van der Waals surface area (Å²) in [4.78, 5) is 10.3. The highest BCUT2D eigenvalue weighted by atomic mass is 79.9. The van der Waals surface area contributed by atoms with E-state index in [4.69, 9.17) is 0 Å². The first kappa shape index (κ1) is 14.3. The smallest absolute Gasteiger partial charge is 0.133 e. The number of anilines is 1. The van der Waals surface area contributed by atoms with Crippen LogP contribution in [0.25, 0.3) is 0 Å². The number of hydrogen-bond acceptors (Lipinski definition) is 4. The highest BCUT2D eigenvalue weighted by molar-refractivity contribution is 9.10. The minimum atomic E-state index is 0.834. The molecule has 0 aliphatic rings. The molecule has 0 unspecified atom stereocenters. The molecule has 0 aliphatic carbocycles. The highest BCUT2D eigenvalue weighted by Gasteiger charge is 2.10. The van der Waals surface area contributed by atoms with Crippen molar-refractivity contribution in [3.05, 3.63) is 40.1 Å². The third kappa shape index (κ3) is 3.48. The van der Waals surface area contributed by atoms with E-state index in [2.05, 4.69) is 50.3 Å². The standard InChI is InChI=1S/C14H16BrN3S/c1-4-12-17-13(16-3)9(2)14(18-12)19-11-7-5-6-10(15)8-11/h5-8H,4H2,1-3H3,(H,16,17,18).